The van der Waals surface area contributed by atoms with Crippen LogP contribution in [0.1, 0.15) is 87.8 Å². The number of nitrogens with zero attached hydrogens (tertiary/aromatic N) is 2. The average Bonchev–Trinajstić information content (AvgIpc) is 2.90. The van der Waals surface area contributed by atoms with Crippen molar-refractivity contribution in [1.29, 1.82) is 0 Å². The van der Waals surface area contributed by atoms with Crippen molar-refractivity contribution < 1.29 is 14.8 Å². The molecule has 1 aromatic rings. The Hall–Kier alpha value is -1.85. The zero-order chi connectivity index (χ0) is 17.9. The molecule has 136 valence electrons. The maximum absolute atomic E-state index is 11.5. The fraction of sp³-hybridized carbons (Fsp3) is 0.722. The summed E-state index contributed by atoms with van der Waals surface area (Å²) in [4.78, 5) is 22.3. The quantitative estimate of drug-likeness (QED) is 0.305. The van der Waals surface area contributed by atoms with Crippen LogP contribution in [0.3, 0.4) is 0 Å². The number of nitro groups is 1. The Labute approximate surface area is 144 Å². The molecule has 6 heteroatoms. The molecule has 0 bridgehead atoms. The van der Waals surface area contributed by atoms with Gasteiger partial charge >= 0.3 is 5.97 Å². The van der Waals surface area contributed by atoms with Crippen LogP contribution in [0.25, 0.3) is 0 Å². The molecule has 24 heavy (non-hydrogen) atoms. The molecule has 0 amide bonds. The molecular formula is C18H30N2O4. The molecule has 1 N–H and O–H groups in total. The highest BCUT2D eigenvalue weighted by Crippen LogP contribution is 2.27. The van der Waals surface area contributed by atoms with E-state index in [0.717, 1.165) is 51.4 Å². The summed E-state index contributed by atoms with van der Waals surface area (Å²) in [6.07, 6.45) is 9.94. The van der Waals surface area contributed by atoms with E-state index in [1.807, 2.05) is 0 Å². The van der Waals surface area contributed by atoms with Gasteiger partial charge in [-0.15, -0.1) is 0 Å². The van der Waals surface area contributed by atoms with Gasteiger partial charge in [0.05, 0.1) is 10.6 Å². The molecule has 0 saturated carbocycles. The Balaban J connectivity index is 2.92. The van der Waals surface area contributed by atoms with Gasteiger partial charge in [-0.3, -0.25) is 10.1 Å². The van der Waals surface area contributed by atoms with Crippen LogP contribution in [-0.2, 0) is 13.0 Å². The predicted molar refractivity (Wildman–Crippen MR) is 94.7 cm³/mol. The van der Waals surface area contributed by atoms with Gasteiger partial charge < -0.3 is 9.67 Å². The molecular weight excluding hydrogens is 308 g/mol. The lowest BCUT2D eigenvalue weighted by Gasteiger charge is -2.11. The van der Waals surface area contributed by atoms with Crippen LogP contribution in [0.2, 0.25) is 0 Å². The van der Waals surface area contributed by atoms with Gasteiger partial charge in [-0.2, -0.15) is 0 Å². The SMILES string of the molecule is CCCCCCCc1c([N+](=O)[O-])cc(C(=O)O)n1CCCCCC. The highest BCUT2D eigenvalue weighted by atomic mass is 16.6. The Morgan fingerprint density at radius 1 is 1.08 bits per heavy atom. The first-order chi connectivity index (χ1) is 11.5. The van der Waals surface area contributed by atoms with E-state index in [4.69, 9.17) is 0 Å². The number of hydrogen-bond donors (Lipinski definition) is 1. The summed E-state index contributed by atoms with van der Waals surface area (Å²) in [5.41, 5.74) is 0.575. The standard InChI is InChI=1S/C18H30N2O4/c1-3-5-7-9-10-12-15-16(20(23)24)14-17(18(21)22)19(15)13-11-8-6-4-2/h14H,3-13H2,1-2H3,(H,21,22). The van der Waals surface area contributed by atoms with Crippen molar-refractivity contribution in [2.45, 2.75) is 84.6 Å². The minimum atomic E-state index is -1.09. The molecule has 6 nitrogen and oxygen atoms in total. The Bertz CT molecular complexity index is 537. The van der Waals surface area contributed by atoms with E-state index in [2.05, 4.69) is 13.8 Å². The maximum Gasteiger partial charge on any atom is 0.352 e. The predicted octanol–water partition coefficient (Wildman–Crippen LogP) is 5.19. The zero-order valence-corrected chi connectivity index (χ0v) is 14.9. The topological polar surface area (TPSA) is 85.4 Å². The van der Waals surface area contributed by atoms with E-state index in [1.165, 1.54) is 12.5 Å². The minimum Gasteiger partial charge on any atom is -0.477 e. The van der Waals surface area contributed by atoms with Crippen LogP contribution >= 0.6 is 0 Å². The smallest absolute Gasteiger partial charge is 0.352 e. The third-order valence-corrected chi connectivity index (χ3v) is 4.35. The zero-order valence-electron chi connectivity index (χ0n) is 14.9. The number of aromatic carboxylic acids is 1. The fourth-order valence-electron chi connectivity index (χ4n) is 3.02. The van der Waals surface area contributed by atoms with E-state index in [1.54, 1.807) is 4.57 Å². The molecule has 0 radical (unpaired) electrons. The van der Waals surface area contributed by atoms with Crippen LogP contribution in [0.15, 0.2) is 6.07 Å². The van der Waals surface area contributed by atoms with Crippen molar-refractivity contribution >= 4 is 11.7 Å². The van der Waals surface area contributed by atoms with Crippen molar-refractivity contribution in [3.05, 3.63) is 27.6 Å². The van der Waals surface area contributed by atoms with Gasteiger partial charge in [0.1, 0.15) is 5.69 Å². The molecule has 1 aromatic heterocycles. The third kappa shape index (κ3) is 5.98. The molecule has 0 aliphatic rings. The first-order valence-electron chi connectivity index (χ1n) is 9.13. The summed E-state index contributed by atoms with van der Waals surface area (Å²) in [6.45, 7) is 4.80. The summed E-state index contributed by atoms with van der Waals surface area (Å²) >= 11 is 0. The van der Waals surface area contributed by atoms with Crippen LogP contribution in [0.5, 0.6) is 0 Å². The molecule has 0 saturated heterocycles. The Morgan fingerprint density at radius 3 is 2.21 bits per heavy atom. The average molecular weight is 338 g/mol. The van der Waals surface area contributed by atoms with Crippen LogP contribution in [0, 0.1) is 10.1 Å². The van der Waals surface area contributed by atoms with Gasteiger partial charge in [0.15, 0.2) is 0 Å². The lowest BCUT2D eigenvalue weighted by atomic mass is 10.1. The van der Waals surface area contributed by atoms with Crippen molar-refractivity contribution in [1.82, 2.24) is 4.57 Å². The van der Waals surface area contributed by atoms with E-state index >= 15 is 0 Å². The summed E-state index contributed by atoms with van der Waals surface area (Å²) in [7, 11) is 0. The molecule has 1 heterocycles. The normalized spacial score (nSPS) is 10.9. The summed E-state index contributed by atoms with van der Waals surface area (Å²) in [5, 5.41) is 20.7. The van der Waals surface area contributed by atoms with Crippen LogP contribution in [0.4, 0.5) is 5.69 Å². The number of hydrogen-bond acceptors (Lipinski definition) is 3. The largest absolute Gasteiger partial charge is 0.477 e. The summed E-state index contributed by atoms with van der Waals surface area (Å²) in [6, 6.07) is 1.23. The van der Waals surface area contributed by atoms with Crippen LogP contribution in [-0.4, -0.2) is 20.6 Å². The monoisotopic (exact) mass is 338 g/mol. The number of carbonyl (C=O) groups is 1. The van der Waals surface area contributed by atoms with Crippen molar-refractivity contribution in [2.24, 2.45) is 0 Å². The number of aromatic nitrogens is 1. The fourth-order valence-corrected chi connectivity index (χ4v) is 3.02. The highest BCUT2D eigenvalue weighted by Gasteiger charge is 2.25. The molecule has 0 atom stereocenters. The third-order valence-electron chi connectivity index (χ3n) is 4.35. The van der Waals surface area contributed by atoms with Gasteiger partial charge in [0.25, 0.3) is 5.69 Å². The maximum atomic E-state index is 11.5. The molecule has 0 fully saturated rings. The number of rotatable bonds is 13. The molecule has 0 aliphatic heterocycles. The summed E-state index contributed by atoms with van der Waals surface area (Å²) in [5.74, 6) is -1.09. The van der Waals surface area contributed by atoms with E-state index < -0.39 is 10.9 Å². The second kappa shape index (κ2) is 10.8. The molecule has 0 spiro atoms. The van der Waals surface area contributed by atoms with E-state index in [0.29, 0.717) is 18.7 Å². The molecule has 1 rings (SSSR count). The summed E-state index contributed by atoms with van der Waals surface area (Å²) < 4.78 is 1.66. The molecule has 0 aliphatic carbocycles. The highest BCUT2D eigenvalue weighted by molar-refractivity contribution is 5.87. The van der Waals surface area contributed by atoms with Crippen molar-refractivity contribution in [3.63, 3.8) is 0 Å². The second-order valence-electron chi connectivity index (χ2n) is 6.30. The Kier molecular flexibility index (Phi) is 9.12. The van der Waals surface area contributed by atoms with Gasteiger partial charge in [-0.1, -0.05) is 58.8 Å². The first kappa shape index (κ1) is 20.2. The van der Waals surface area contributed by atoms with Gasteiger partial charge in [-0.05, 0) is 19.3 Å². The molecule has 0 aromatic carbocycles. The second-order valence-corrected chi connectivity index (χ2v) is 6.30. The number of carboxylic acid groups (broad SMARTS) is 1. The number of unbranched alkanes of at least 4 members (excludes halogenated alkanes) is 7. The minimum absolute atomic E-state index is 0.0432. The van der Waals surface area contributed by atoms with E-state index in [9.17, 15) is 20.0 Å². The lowest BCUT2D eigenvalue weighted by molar-refractivity contribution is -0.385. The van der Waals surface area contributed by atoms with Gasteiger partial charge in [0, 0.05) is 12.6 Å². The van der Waals surface area contributed by atoms with Gasteiger partial charge in [0.2, 0.25) is 0 Å². The lowest BCUT2D eigenvalue weighted by Crippen LogP contribution is -2.12. The first-order valence-corrected chi connectivity index (χ1v) is 9.13. The van der Waals surface area contributed by atoms with Crippen molar-refractivity contribution in [2.75, 3.05) is 0 Å². The Morgan fingerprint density at radius 2 is 1.67 bits per heavy atom. The van der Waals surface area contributed by atoms with Crippen LogP contribution < -0.4 is 0 Å². The number of carboxylic acids is 1. The van der Waals surface area contributed by atoms with Crippen molar-refractivity contribution in [3.8, 4) is 0 Å². The van der Waals surface area contributed by atoms with E-state index in [-0.39, 0.29) is 11.4 Å². The van der Waals surface area contributed by atoms with Gasteiger partial charge in [-0.25, -0.2) is 4.79 Å². The molecule has 0 unspecified atom stereocenters.